The Labute approximate surface area is 133 Å². The molecule has 1 aromatic carbocycles. The summed E-state index contributed by atoms with van der Waals surface area (Å²) in [4.78, 5) is 35.3. The summed E-state index contributed by atoms with van der Waals surface area (Å²) >= 11 is 0. The number of hydrogen-bond acceptors (Lipinski definition) is 4. The molecule has 2 aromatic rings. The minimum Gasteiger partial charge on any atom is -0.366 e. The molecule has 0 spiro atoms. The van der Waals surface area contributed by atoms with E-state index in [9.17, 15) is 14.4 Å². The fraction of sp³-hybridized carbons (Fsp3) is 0.250. The number of nitrogens with zero attached hydrogens (tertiary/aromatic N) is 2. The standard InChI is InChI=1S/C16H18N4O3/c1-9-8-14(21)20(19-10(9)2)11(3)16(23)18-13-6-4-12(5-7-13)15(17)22/h4-8,11H,1-3H3,(H2,17,22)(H,18,23). The molecule has 0 saturated heterocycles. The molecule has 2 amide bonds. The Morgan fingerprint density at radius 3 is 2.39 bits per heavy atom. The van der Waals surface area contributed by atoms with E-state index >= 15 is 0 Å². The fourth-order valence-corrected chi connectivity index (χ4v) is 2.00. The number of hydrogen-bond donors (Lipinski definition) is 2. The first-order valence-corrected chi connectivity index (χ1v) is 7.07. The van der Waals surface area contributed by atoms with Crippen LogP contribution in [0.4, 0.5) is 5.69 Å². The van der Waals surface area contributed by atoms with E-state index in [0.29, 0.717) is 16.9 Å². The molecule has 23 heavy (non-hydrogen) atoms. The van der Waals surface area contributed by atoms with Gasteiger partial charge in [-0.3, -0.25) is 14.4 Å². The molecule has 1 unspecified atom stereocenters. The lowest BCUT2D eigenvalue weighted by Crippen LogP contribution is -2.33. The highest BCUT2D eigenvalue weighted by molar-refractivity contribution is 5.95. The summed E-state index contributed by atoms with van der Waals surface area (Å²) in [7, 11) is 0. The van der Waals surface area contributed by atoms with Gasteiger partial charge in [-0.05, 0) is 50.6 Å². The number of anilines is 1. The lowest BCUT2D eigenvalue weighted by Gasteiger charge is -2.15. The zero-order chi connectivity index (χ0) is 17.1. The van der Waals surface area contributed by atoms with Gasteiger partial charge in [-0.2, -0.15) is 5.10 Å². The molecule has 1 heterocycles. The van der Waals surface area contributed by atoms with E-state index in [2.05, 4.69) is 10.4 Å². The fourth-order valence-electron chi connectivity index (χ4n) is 2.00. The Kier molecular flexibility index (Phi) is 4.59. The number of nitrogens with two attached hydrogens (primary N) is 1. The highest BCUT2D eigenvalue weighted by atomic mass is 16.2. The first-order valence-electron chi connectivity index (χ1n) is 7.07. The molecule has 0 radical (unpaired) electrons. The second kappa shape index (κ2) is 6.43. The van der Waals surface area contributed by atoms with Gasteiger partial charge in [0.05, 0.1) is 5.69 Å². The molecule has 7 heteroatoms. The van der Waals surface area contributed by atoms with Crippen LogP contribution in [0.15, 0.2) is 35.1 Å². The van der Waals surface area contributed by atoms with Crippen molar-refractivity contribution in [1.29, 1.82) is 0 Å². The van der Waals surface area contributed by atoms with E-state index in [1.54, 1.807) is 32.9 Å². The highest BCUT2D eigenvalue weighted by Crippen LogP contribution is 2.12. The van der Waals surface area contributed by atoms with Gasteiger partial charge < -0.3 is 11.1 Å². The summed E-state index contributed by atoms with van der Waals surface area (Å²) in [6.07, 6.45) is 0. The van der Waals surface area contributed by atoms with E-state index in [1.807, 2.05) is 0 Å². The average molecular weight is 314 g/mol. The highest BCUT2D eigenvalue weighted by Gasteiger charge is 2.18. The molecule has 7 nitrogen and oxygen atoms in total. The molecule has 0 bridgehead atoms. The topological polar surface area (TPSA) is 107 Å². The summed E-state index contributed by atoms with van der Waals surface area (Å²) in [5, 5.41) is 6.83. The second-order valence-electron chi connectivity index (χ2n) is 5.30. The van der Waals surface area contributed by atoms with Crippen LogP contribution in [0.1, 0.15) is 34.6 Å². The minimum atomic E-state index is -0.766. The van der Waals surface area contributed by atoms with Crippen molar-refractivity contribution in [2.24, 2.45) is 5.73 Å². The molecule has 2 rings (SSSR count). The van der Waals surface area contributed by atoms with Crippen LogP contribution in [0.5, 0.6) is 0 Å². The molecule has 0 fully saturated rings. The van der Waals surface area contributed by atoms with E-state index in [1.165, 1.54) is 18.2 Å². The summed E-state index contributed by atoms with van der Waals surface area (Å²) in [6, 6.07) is 6.86. The summed E-state index contributed by atoms with van der Waals surface area (Å²) < 4.78 is 1.15. The zero-order valence-electron chi connectivity index (χ0n) is 13.2. The Morgan fingerprint density at radius 1 is 1.22 bits per heavy atom. The smallest absolute Gasteiger partial charge is 0.267 e. The largest absolute Gasteiger partial charge is 0.366 e. The third kappa shape index (κ3) is 3.63. The molecule has 0 aliphatic rings. The second-order valence-corrected chi connectivity index (χ2v) is 5.30. The van der Waals surface area contributed by atoms with Crippen molar-refractivity contribution in [2.45, 2.75) is 26.8 Å². The summed E-state index contributed by atoms with van der Waals surface area (Å²) in [5.74, 6) is -0.920. The van der Waals surface area contributed by atoms with E-state index < -0.39 is 11.9 Å². The van der Waals surface area contributed by atoms with Crippen molar-refractivity contribution in [3.63, 3.8) is 0 Å². The van der Waals surface area contributed by atoms with E-state index in [0.717, 1.165) is 10.2 Å². The Balaban J connectivity index is 2.18. The van der Waals surface area contributed by atoms with Crippen molar-refractivity contribution in [1.82, 2.24) is 9.78 Å². The monoisotopic (exact) mass is 314 g/mol. The van der Waals surface area contributed by atoms with Crippen LogP contribution < -0.4 is 16.6 Å². The van der Waals surface area contributed by atoms with Gasteiger partial charge in [0.15, 0.2) is 0 Å². The van der Waals surface area contributed by atoms with Crippen molar-refractivity contribution in [2.75, 3.05) is 5.32 Å². The van der Waals surface area contributed by atoms with Gasteiger partial charge in [0.25, 0.3) is 5.56 Å². The number of aromatic nitrogens is 2. The van der Waals surface area contributed by atoms with Crippen molar-refractivity contribution in [3.8, 4) is 0 Å². The van der Waals surface area contributed by atoms with Crippen LogP contribution in [-0.4, -0.2) is 21.6 Å². The van der Waals surface area contributed by atoms with Crippen LogP contribution in [0.2, 0.25) is 0 Å². The molecule has 0 aliphatic heterocycles. The maximum atomic E-state index is 12.3. The summed E-state index contributed by atoms with van der Waals surface area (Å²) in [5.41, 5.74) is 7.15. The molecular weight excluding hydrogens is 296 g/mol. The molecular formula is C16H18N4O3. The lowest BCUT2D eigenvalue weighted by molar-refractivity contribution is -0.119. The van der Waals surface area contributed by atoms with Gasteiger partial charge in [-0.25, -0.2) is 4.68 Å². The molecule has 120 valence electrons. The van der Waals surface area contributed by atoms with Crippen molar-refractivity contribution < 1.29 is 9.59 Å². The Morgan fingerprint density at radius 2 is 1.83 bits per heavy atom. The van der Waals surface area contributed by atoms with Gasteiger partial charge in [0.1, 0.15) is 6.04 Å². The first-order chi connectivity index (χ1) is 10.8. The Hall–Kier alpha value is -2.96. The Bertz CT molecular complexity index is 809. The van der Waals surface area contributed by atoms with E-state index in [-0.39, 0.29) is 11.5 Å². The normalized spacial score (nSPS) is 11.8. The van der Waals surface area contributed by atoms with Gasteiger partial charge in [-0.15, -0.1) is 0 Å². The lowest BCUT2D eigenvalue weighted by atomic mass is 10.2. The summed E-state index contributed by atoms with van der Waals surface area (Å²) in [6.45, 7) is 5.16. The van der Waals surface area contributed by atoms with Crippen LogP contribution in [-0.2, 0) is 4.79 Å². The van der Waals surface area contributed by atoms with Crippen LogP contribution >= 0.6 is 0 Å². The van der Waals surface area contributed by atoms with Crippen molar-refractivity contribution in [3.05, 3.63) is 57.5 Å². The number of benzene rings is 1. The van der Waals surface area contributed by atoms with Gasteiger partial charge >= 0.3 is 0 Å². The predicted octanol–water partition coefficient (Wildman–Crippen LogP) is 1.16. The number of amides is 2. The van der Waals surface area contributed by atoms with Crippen LogP contribution in [0.3, 0.4) is 0 Å². The zero-order valence-corrected chi connectivity index (χ0v) is 13.2. The SMILES string of the molecule is Cc1cc(=O)n(C(C)C(=O)Nc2ccc(C(N)=O)cc2)nc1C. The third-order valence-corrected chi connectivity index (χ3v) is 3.58. The minimum absolute atomic E-state index is 0.333. The third-order valence-electron chi connectivity index (χ3n) is 3.58. The van der Waals surface area contributed by atoms with Gasteiger partial charge in [-0.1, -0.05) is 0 Å². The van der Waals surface area contributed by atoms with Crippen LogP contribution in [0, 0.1) is 13.8 Å². The number of aryl methyl sites for hydroxylation is 2. The molecule has 1 aromatic heterocycles. The van der Waals surface area contributed by atoms with Gasteiger partial charge in [0, 0.05) is 17.3 Å². The molecule has 3 N–H and O–H groups in total. The maximum Gasteiger partial charge on any atom is 0.267 e. The number of carbonyl (C=O) groups excluding carboxylic acids is 2. The van der Waals surface area contributed by atoms with Gasteiger partial charge in [0.2, 0.25) is 11.8 Å². The number of carbonyl (C=O) groups is 2. The van der Waals surface area contributed by atoms with E-state index in [4.69, 9.17) is 5.73 Å². The number of nitrogens with one attached hydrogen (secondary N) is 1. The predicted molar refractivity (Wildman–Crippen MR) is 86.3 cm³/mol. The maximum absolute atomic E-state index is 12.3. The number of primary amides is 1. The number of rotatable bonds is 4. The molecule has 1 atom stereocenters. The molecule has 0 saturated carbocycles. The quantitative estimate of drug-likeness (QED) is 0.883. The van der Waals surface area contributed by atoms with Crippen molar-refractivity contribution >= 4 is 17.5 Å². The average Bonchev–Trinajstić information content (AvgIpc) is 2.50. The first kappa shape index (κ1) is 16.4. The van der Waals surface area contributed by atoms with Crippen LogP contribution in [0.25, 0.3) is 0 Å². The molecule has 0 aliphatic carbocycles.